The van der Waals surface area contributed by atoms with Crippen LogP contribution in [0.4, 0.5) is 5.69 Å². The van der Waals surface area contributed by atoms with Crippen molar-refractivity contribution < 1.29 is 22.7 Å². The summed E-state index contributed by atoms with van der Waals surface area (Å²) in [4.78, 5) is 26.9. The van der Waals surface area contributed by atoms with Gasteiger partial charge < -0.3 is 9.64 Å². The molecule has 0 bridgehead atoms. The molecule has 2 aliphatic rings. The van der Waals surface area contributed by atoms with Crippen LogP contribution in [0.15, 0.2) is 24.3 Å². The molecule has 0 radical (unpaired) electrons. The highest BCUT2D eigenvalue weighted by molar-refractivity contribution is 7.94. The average molecular weight is 366 g/mol. The molecule has 2 heterocycles. The van der Waals surface area contributed by atoms with Gasteiger partial charge in [-0.05, 0) is 39.0 Å². The van der Waals surface area contributed by atoms with Crippen LogP contribution in [0.2, 0.25) is 0 Å². The molecule has 2 amide bonds. The largest absolute Gasteiger partial charge is 0.375 e. The van der Waals surface area contributed by atoms with Crippen molar-refractivity contribution in [3.8, 4) is 0 Å². The van der Waals surface area contributed by atoms with Crippen molar-refractivity contribution >= 4 is 27.5 Å². The third-order valence-electron chi connectivity index (χ3n) is 4.44. The number of nitrogens with zero attached hydrogens (tertiary/aromatic N) is 2. The van der Waals surface area contributed by atoms with Gasteiger partial charge in [0.15, 0.2) is 0 Å². The molecule has 1 atom stereocenters. The summed E-state index contributed by atoms with van der Waals surface area (Å²) in [6, 6.07) is 6.24. The molecule has 1 aromatic carbocycles. The molecule has 0 aliphatic carbocycles. The summed E-state index contributed by atoms with van der Waals surface area (Å²) in [6.07, 6.45) is -0.0396. The fourth-order valence-corrected chi connectivity index (χ4v) is 5.31. The number of hydrogen-bond acceptors (Lipinski definition) is 5. The zero-order valence-corrected chi connectivity index (χ0v) is 15.4. The van der Waals surface area contributed by atoms with Crippen LogP contribution < -0.4 is 4.31 Å². The second-order valence-electron chi connectivity index (χ2n) is 7.19. The smallest absolute Gasteiger partial charge is 0.254 e. The zero-order chi connectivity index (χ0) is 18.4. The molecular formula is C17H22N2O5S. The highest BCUT2D eigenvalue weighted by Gasteiger charge is 2.50. The number of carbonyl (C=O) groups excluding carboxylic acids is 2. The van der Waals surface area contributed by atoms with Gasteiger partial charge >= 0.3 is 0 Å². The Morgan fingerprint density at radius 1 is 1.32 bits per heavy atom. The fraction of sp³-hybridized carbons (Fsp3) is 0.529. The zero-order valence-electron chi connectivity index (χ0n) is 14.6. The summed E-state index contributed by atoms with van der Waals surface area (Å²) in [6.45, 7) is 6.56. The maximum atomic E-state index is 12.7. The quantitative estimate of drug-likeness (QED) is 0.787. The molecule has 0 spiro atoms. The minimum Gasteiger partial charge on any atom is -0.375 e. The number of benzene rings is 1. The molecule has 8 heteroatoms. The van der Waals surface area contributed by atoms with Crippen molar-refractivity contribution in [1.29, 1.82) is 0 Å². The van der Waals surface area contributed by atoms with Crippen LogP contribution >= 0.6 is 0 Å². The number of hydrogen-bond donors (Lipinski definition) is 0. The van der Waals surface area contributed by atoms with Crippen LogP contribution in [0.25, 0.3) is 0 Å². The van der Waals surface area contributed by atoms with Gasteiger partial charge in [0.2, 0.25) is 15.9 Å². The Labute approximate surface area is 147 Å². The summed E-state index contributed by atoms with van der Waals surface area (Å²) in [5, 5.41) is 0. The van der Waals surface area contributed by atoms with Crippen molar-refractivity contribution in [2.75, 3.05) is 29.8 Å². The summed E-state index contributed by atoms with van der Waals surface area (Å²) in [5.74, 6) is -0.907. The second-order valence-corrected chi connectivity index (χ2v) is 9.01. The van der Waals surface area contributed by atoms with Gasteiger partial charge in [-0.3, -0.25) is 9.59 Å². The van der Waals surface area contributed by atoms with E-state index < -0.39 is 21.3 Å². The van der Waals surface area contributed by atoms with Crippen molar-refractivity contribution in [2.24, 2.45) is 5.41 Å². The van der Waals surface area contributed by atoms with Crippen molar-refractivity contribution in [2.45, 2.75) is 26.9 Å². The molecular weight excluding hydrogens is 344 g/mol. The summed E-state index contributed by atoms with van der Waals surface area (Å²) < 4.78 is 31.1. The van der Waals surface area contributed by atoms with E-state index in [0.29, 0.717) is 25.3 Å². The second kappa shape index (κ2) is 6.10. The van der Waals surface area contributed by atoms with E-state index in [4.69, 9.17) is 4.74 Å². The van der Waals surface area contributed by atoms with Crippen LogP contribution in [0.1, 0.15) is 31.1 Å². The van der Waals surface area contributed by atoms with Gasteiger partial charge in [-0.1, -0.05) is 6.07 Å². The first-order valence-corrected chi connectivity index (χ1v) is 9.81. The van der Waals surface area contributed by atoms with E-state index in [2.05, 4.69) is 0 Å². The van der Waals surface area contributed by atoms with Crippen LogP contribution in [0.3, 0.4) is 0 Å². The number of amides is 2. The van der Waals surface area contributed by atoms with Gasteiger partial charge in [0.1, 0.15) is 0 Å². The molecule has 7 nitrogen and oxygen atoms in total. The van der Waals surface area contributed by atoms with E-state index in [0.717, 1.165) is 4.31 Å². The molecule has 1 unspecified atom stereocenters. The van der Waals surface area contributed by atoms with E-state index in [-0.39, 0.29) is 23.5 Å². The average Bonchev–Trinajstić information content (AvgIpc) is 2.70. The third-order valence-corrected chi connectivity index (χ3v) is 6.46. The summed E-state index contributed by atoms with van der Waals surface area (Å²) in [5.41, 5.74) is -0.402. The van der Waals surface area contributed by atoms with Crippen LogP contribution in [0.5, 0.6) is 0 Å². The van der Waals surface area contributed by atoms with E-state index in [9.17, 15) is 18.0 Å². The number of anilines is 1. The Morgan fingerprint density at radius 3 is 2.64 bits per heavy atom. The van der Waals surface area contributed by atoms with Gasteiger partial charge in [0, 0.05) is 18.7 Å². The first kappa shape index (κ1) is 17.9. The lowest BCUT2D eigenvalue weighted by Gasteiger charge is -2.31. The Bertz CT molecular complexity index is 818. The monoisotopic (exact) mass is 366 g/mol. The molecule has 3 rings (SSSR count). The molecule has 1 aromatic rings. The van der Waals surface area contributed by atoms with Gasteiger partial charge in [-0.2, -0.15) is 0 Å². The molecule has 0 aromatic heterocycles. The lowest BCUT2D eigenvalue weighted by atomic mass is 9.95. The number of carbonyl (C=O) groups is 2. The van der Waals surface area contributed by atoms with Crippen molar-refractivity contribution in [3.05, 3.63) is 29.8 Å². The number of rotatable bonds is 2. The predicted octanol–water partition coefficient (Wildman–Crippen LogP) is 1.25. The normalized spacial score (nSPS) is 25.2. The molecule has 136 valence electrons. The van der Waals surface area contributed by atoms with Gasteiger partial charge in [0.05, 0.1) is 29.6 Å². The minimum absolute atomic E-state index is 0.0396. The first-order chi connectivity index (χ1) is 11.6. The van der Waals surface area contributed by atoms with E-state index in [1.165, 1.54) is 12.1 Å². The van der Waals surface area contributed by atoms with E-state index in [1.54, 1.807) is 30.9 Å². The lowest BCUT2D eigenvalue weighted by Crippen LogP contribution is -2.44. The standard InChI is InChI=1S/C17H22N2O5S/c1-12-10-18(7-8-24-12)15(20)13-5-4-6-14(9-13)19-16(21)17(2,3)11-25(19,22)23/h4-6,9,12H,7-8,10-11H2,1-3H3. The molecule has 25 heavy (non-hydrogen) atoms. The number of morpholine rings is 1. The molecule has 2 fully saturated rings. The van der Waals surface area contributed by atoms with E-state index in [1.807, 2.05) is 6.92 Å². The SMILES string of the molecule is CC1CN(C(=O)c2cccc(N3C(=O)C(C)(C)CS3(=O)=O)c2)CCO1. The highest BCUT2D eigenvalue weighted by atomic mass is 32.2. The minimum atomic E-state index is -3.73. The lowest BCUT2D eigenvalue weighted by molar-refractivity contribution is -0.123. The maximum Gasteiger partial charge on any atom is 0.254 e. The van der Waals surface area contributed by atoms with Gasteiger partial charge in [0.25, 0.3) is 5.91 Å². The Hall–Kier alpha value is -1.93. The third kappa shape index (κ3) is 3.28. The van der Waals surface area contributed by atoms with E-state index >= 15 is 0 Å². The fourth-order valence-electron chi connectivity index (χ4n) is 3.21. The van der Waals surface area contributed by atoms with Crippen LogP contribution in [0, 0.1) is 5.41 Å². The summed E-state index contributed by atoms with van der Waals surface area (Å²) in [7, 11) is -3.73. The van der Waals surface area contributed by atoms with Gasteiger partial charge in [-0.15, -0.1) is 0 Å². The van der Waals surface area contributed by atoms with Gasteiger partial charge in [-0.25, -0.2) is 12.7 Å². The first-order valence-electron chi connectivity index (χ1n) is 8.20. The molecule has 0 N–H and O–H groups in total. The number of ether oxygens (including phenoxy) is 1. The Kier molecular flexibility index (Phi) is 4.36. The maximum absolute atomic E-state index is 12.7. The highest BCUT2D eigenvalue weighted by Crippen LogP contribution is 2.36. The van der Waals surface area contributed by atoms with Crippen molar-refractivity contribution in [3.63, 3.8) is 0 Å². The molecule has 2 aliphatic heterocycles. The molecule has 2 saturated heterocycles. The van der Waals surface area contributed by atoms with Crippen LogP contribution in [-0.2, 0) is 19.6 Å². The predicted molar refractivity (Wildman–Crippen MR) is 92.8 cm³/mol. The summed E-state index contributed by atoms with van der Waals surface area (Å²) >= 11 is 0. The Balaban J connectivity index is 1.92. The van der Waals surface area contributed by atoms with Crippen LogP contribution in [-0.4, -0.2) is 56.7 Å². The topological polar surface area (TPSA) is 84.0 Å². The molecule has 0 saturated carbocycles. The number of sulfonamides is 1. The van der Waals surface area contributed by atoms with Crippen molar-refractivity contribution in [1.82, 2.24) is 4.90 Å². The Morgan fingerprint density at radius 2 is 2.04 bits per heavy atom.